The molecule has 0 heterocycles. The van der Waals surface area contributed by atoms with Crippen LogP contribution in [0.5, 0.6) is 0 Å². The second-order valence-electron chi connectivity index (χ2n) is 5.21. The SMILES string of the molecule is NC(=O)[C@H](Cc1ccc([N+](=O)[O-])cc1)NC(=O)c1cc(F)cc(F)c1. The third kappa shape index (κ3) is 4.80. The summed E-state index contributed by atoms with van der Waals surface area (Å²) in [5, 5.41) is 12.9. The third-order valence-electron chi connectivity index (χ3n) is 3.36. The molecule has 130 valence electrons. The van der Waals surface area contributed by atoms with Gasteiger partial charge in [0.25, 0.3) is 11.6 Å². The van der Waals surface area contributed by atoms with E-state index in [0.29, 0.717) is 11.6 Å². The Hall–Kier alpha value is -3.36. The van der Waals surface area contributed by atoms with E-state index < -0.39 is 34.4 Å². The minimum atomic E-state index is -1.15. The normalized spacial score (nSPS) is 11.6. The number of non-ortho nitro benzene ring substituents is 1. The molecule has 0 aliphatic heterocycles. The minimum Gasteiger partial charge on any atom is -0.368 e. The lowest BCUT2D eigenvalue weighted by atomic mass is 10.0. The lowest BCUT2D eigenvalue weighted by Gasteiger charge is -2.15. The highest BCUT2D eigenvalue weighted by atomic mass is 19.1. The number of rotatable bonds is 6. The van der Waals surface area contributed by atoms with Crippen molar-refractivity contribution >= 4 is 17.5 Å². The summed E-state index contributed by atoms with van der Waals surface area (Å²) in [6.07, 6.45) is -0.0309. The van der Waals surface area contributed by atoms with Crippen LogP contribution in [0.3, 0.4) is 0 Å². The van der Waals surface area contributed by atoms with Gasteiger partial charge in [-0.05, 0) is 17.7 Å². The van der Waals surface area contributed by atoms with Crippen molar-refractivity contribution in [1.29, 1.82) is 0 Å². The zero-order valence-corrected chi connectivity index (χ0v) is 12.7. The smallest absolute Gasteiger partial charge is 0.269 e. The summed E-state index contributed by atoms with van der Waals surface area (Å²) in [6, 6.07) is 6.43. The Kier molecular flexibility index (Phi) is 5.38. The Labute approximate surface area is 140 Å². The van der Waals surface area contributed by atoms with Crippen LogP contribution < -0.4 is 11.1 Å². The van der Waals surface area contributed by atoms with Gasteiger partial charge in [0.15, 0.2) is 0 Å². The molecule has 0 saturated heterocycles. The number of amides is 2. The molecule has 0 spiro atoms. The number of nitrogens with two attached hydrogens (primary N) is 1. The first-order chi connectivity index (χ1) is 11.8. The van der Waals surface area contributed by atoms with E-state index in [4.69, 9.17) is 5.73 Å². The van der Waals surface area contributed by atoms with Crippen LogP contribution in [0, 0.1) is 21.7 Å². The molecule has 0 bridgehead atoms. The summed E-state index contributed by atoms with van der Waals surface area (Å²) in [7, 11) is 0. The van der Waals surface area contributed by atoms with Gasteiger partial charge in [-0.3, -0.25) is 19.7 Å². The summed E-state index contributed by atoms with van der Waals surface area (Å²) in [5.41, 5.74) is 5.33. The highest BCUT2D eigenvalue weighted by Crippen LogP contribution is 2.14. The van der Waals surface area contributed by atoms with Crippen molar-refractivity contribution in [2.45, 2.75) is 12.5 Å². The number of hydrogen-bond donors (Lipinski definition) is 2. The fourth-order valence-electron chi connectivity index (χ4n) is 2.14. The second-order valence-corrected chi connectivity index (χ2v) is 5.21. The van der Waals surface area contributed by atoms with Crippen LogP contribution in [-0.4, -0.2) is 22.8 Å². The Balaban J connectivity index is 2.13. The van der Waals surface area contributed by atoms with Crippen molar-refractivity contribution in [3.8, 4) is 0 Å². The van der Waals surface area contributed by atoms with E-state index >= 15 is 0 Å². The number of nitrogens with zero attached hydrogens (tertiary/aromatic N) is 1. The predicted octanol–water partition coefficient (Wildman–Crippen LogP) is 1.70. The molecule has 1 atom stereocenters. The third-order valence-corrected chi connectivity index (χ3v) is 3.36. The van der Waals surface area contributed by atoms with Gasteiger partial charge in [-0.1, -0.05) is 12.1 Å². The van der Waals surface area contributed by atoms with Crippen LogP contribution in [0.15, 0.2) is 42.5 Å². The fourth-order valence-corrected chi connectivity index (χ4v) is 2.14. The zero-order chi connectivity index (χ0) is 18.6. The van der Waals surface area contributed by atoms with Gasteiger partial charge >= 0.3 is 0 Å². The molecular formula is C16H13F2N3O4. The van der Waals surface area contributed by atoms with Gasteiger partial charge < -0.3 is 11.1 Å². The summed E-state index contributed by atoms with van der Waals surface area (Å²) in [4.78, 5) is 33.6. The molecule has 9 heteroatoms. The predicted molar refractivity (Wildman–Crippen MR) is 83.6 cm³/mol. The van der Waals surface area contributed by atoms with Crippen LogP contribution in [-0.2, 0) is 11.2 Å². The number of benzene rings is 2. The Morgan fingerprint density at radius 3 is 2.16 bits per heavy atom. The van der Waals surface area contributed by atoms with Gasteiger partial charge in [0.2, 0.25) is 5.91 Å². The Morgan fingerprint density at radius 1 is 1.12 bits per heavy atom. The van der Waals surface area contributed by atoms with E-state index in [2.05, 4.69) is 5.32 Å². The second kappa shape index (κ2) is 7.47. The molecule has 0 aliphatic carbocycles. The maximum absolute atomic E-state index is 13.2. The maximum atomic E-state index is 13.2. The summed E-state index contributed by atoms with van der Waals surface area (Å²) < 4.78 is 26.3. The summed E-state index contributed by atoms with van der Waals surface area (Å²) >= 11 is 0. The van der Waals surface area contributed by atoms with Crippen LogP contribution in [0.2, 0.25) is 0 Å². The number of carbonyl (C=O) groups is 2. The number of halogens is 2. The molecule has 0 radical (unpaired) electrons. The number of hydrogen-bond acceptors (Lipinski definition) is 4. The van der Waals surface area contributed by atoms with Crippen molar-refractivity contribution < 1.29 is 23.3 Å². The number of carbonyl (C=O) groups excluding carboxylic acids is 2. The summed E-state index contributed by atoms with van der Waals surface area (Å²) in [6.45, 7) is 0. The first kappa shape index (κ1) is 18.0. The first-order valence-electron chi connectivity index (χ1n) is 7.06. The van der Waals surface area contributed by atoms with Crippen LogP contribution in [0.4, 0.5) is 14.5 Å². The maximum Gasteiger partial charge on any atom is 0.269 e. The van der Waals surface area contributed by atoms with Crippen LogP contribution in [0.25, 0.3) is 0 Å². The molecule has 0 unspecified atom stereocenters. The highest BCUT2D eigenvalue weighted by molar-refractivity contribution is 5.97. The van der Waals surface area contributed by atoms with E-state index in [1.165, 1.54) is 24.3 Å². The van der Waals surface area contributed by atoms with Gasteiger partial charge in [-0.25, -0.2) is 8.78 Å². The average molecular weight is 349 g/mol. The lowest BCUT2D eigenvalue weighted by molar-refractivity contribution is -0.384. The molecule has 0 aromatic heterocycles. The monoisotopic (exact) mass is 349 g/mol. The Morgan fingerprint density at radius 2 is 1.68 bits per heavy atom. The van der Waals surface area contributed by atoms with Gasteiger partial charge in [0.1, 0.15) is 17.7 Å². The van der Waals surface area contributed by atoms with Gasteiger partial charge in [-0.15, -0.1) is 0 Å². The van der Waals surface area contributed by atoms with Crippen molar-refractivity contribution in [3.05, 3.63) is 75.3 Å². The van der Waals surface area contributed by atoms with Crippen molar-refractivity contribution in [2.24, 2.45) is 5.73 Å². The van der Waals surface area contributed by atoms with Crippen LogP contribution in [0.1, 0.15) is 15.9 Å². The number of nitrogens with one attached hydrogen (secondary N) is 1. The number of nitro benzene ring substituents is 1. The van der Waals surface area contributed by atoms with Gasteiger partial charge in [-0.2, -0.15) is 0 Å². The van der Waals surface area contributed by atoms with E-state index in [1.54, 1.807) is 0 Å². The topological polar surface area (TPSA) is 115 Å². The first-order valence-corrected chi connectivity index (χ1v) is 7.06. The molecule has 0 aliphatic rings. The molecule has 7 nitrogen and oxygen atoms in total. The average Bonchev–Trinajstić information content (AvgIpc) is 2.53. The molecule has 2 amide bonds. The zero-order valence-electron chi connectivity index (χ0n) is 12.7. The minimum absolute atomic E-state index is 0.0309. The van der Waals surface area contributed by atoms with E-state index in [-0.39, 0.29) is 17.7 Å². The highest BCUT2D eigenvalue weighted by Gasteiger charge is 2.20. The Bertz CT molecular complexity index is 804. The standard InChI is InChI=1S/C16H13F2N3O4/c17-11-6-10(7-12(18)8-11)16(23)20-14(15(19)22)5-9-1-3-13(4-2-9)21(24)25/h1-4,6-8,14H,5H2,(H2,19,22)(H,20,23)/t14-/m0/s1. The number of nitro groups is 1. The molecular weight excluding hydrogens is 336 g/mol. The molecule has 25 heavy (non-hydrogen) atoms. The molecule has 3 N–H and O–H groups in total. The molecule has 0 fully saturated rings. The molecule has 0 saturated carbocycles. The van der Waals surface area contributed by atoms with E-state index in [9.17, 15) is 28.5 Å². The van der Waals surface area contributed by atoms with E-state index in [0.717, 1.165) is 12.1 Å². The molecule has 2 aromatic carbocycles. The molecule has 2 rings (SSSR count). The van der Waals surface area contributed by atoms with E-state index in [1.807, 2.05) is 0 Å². The largest absolute Gasteiger partial charge is 0.368 e. The fraction of sp³-hybridized carbons (Fsp3) is 0.125. The van der Waals surface area contributed by atoms with Gasteiger partial charge in [0, 0.05) is 30.2 Å². The van der Waals surface area contributed by atoms with Crippen LogP contribution >= 0.6 is 0 Å². The summed E-state index contributed by atoms with van der Waals surface area (Å²) in [5.74, 6) is -3.60. The number of primary amides is 1. The lowest BCUT2D eigenvalue weighted by Crippen LogP contribution is -2.45. The quantitative estimate of drug-likeness (QED) is 0.610. The van der Waals surface area contributed by atoms with Crippen molar-refractivity contribution in [1.82, 2.24) is 5.32 Å². The molecule has 2 aromatic rings. The van der Waals surface area contributed by atoms with Crippen molar-refractivity contribution in [3.63, 3.8) is 0 Å². The van der Waals surface area contributed by atoms with Crippen molar-refractivity contribution in [2.75, 3.05) is 0 Å². The van der Waals surface area contributed by atoms with Gasteiger partial charge in [0.05, 0.1) is 4.92 Å².